The molecule has 0 unspecified atom stereocenters. The predicted molar refractivity (Wildman–Crippen MR) is 356 cm³/mol. The van der Waals surface area contributed by atoms with Crippen LogP contribution >= 0.6 is 47.8 Å². The molecule has 0 spiro atoms. The van der Waals surface area contributed by atoms with Gasteiger partial charge >= 0.3 is 0 Å². The Hall–Kier alpha value is -8.16. The van der Waals surface area contributed by atoms with E-state index in [1.54, 1.807) is 18.2 Å². The van der Waals surface area contributed by atoms with Gasteiger partial charge < -0.3 is 13.2 Å². The summed E-state index contributed by atoms with van der Waals surface area (Å²) >= 11 is 12.3. The highest BCUT2D eigenvalue weighted by molar-refractivity contribution is 9.11. The molecule has 0 saturated heterocycles. The van der Waals surface area contributed by atoms with E-state index >= 15 is 0 Å². The Bertz CT molecular complexity index is 4630. The molecular weight excluding hydrogens is 1240 g/mol. The molecule has 0 fully saturated rings. The highest BCUT2D eigenvalue weighted by atomic mass is 79.9. The molecule has 6 heterocycles. The van der Waals surface area contributed by atoms with Crippen molar-refractivity contribution in [1.82, 2.24) is 28.2 Å². The number of rotatable bonds is 6. The first kappa shape index (κ1) is 55.1. The molecule has 12 heteroatoms. The minimum absolute atomic E-state index is 0.268. The third-order valence-electron chi connectivity index (χ3n) is 16.1. The number of benzene rings is 7. The van der Waals surface area contributed by atoms with Gasteiger partial charge in [0.2, 0.25) is 0 Å². The van der Waals surface area contributed by atoms with E-state index in [4.69, 9.17) is 0 Å². The minimum atomic E-state index is -0.291. The third-order valence-corrected chi connectivity index (χ3v) is 18.7. The van der Waals surface area contributed by atoms with Crippen LogP contribution < -0.4 is 16.7 Å². The second-order valence-corrected chi connectivity index (χ2v) is 27.2. The molecular formula is C72H57Br3N6O3. The summed E-state index contributed by atoms with van der Waals surface area (Å²) in [5.41, 5.74) is 14.9. The maximum atomic E-state index is 13.2. The smallest absolute Gasteiger partial charge is 0.273 e. The summed E-state index contributed by atoms with van der Waals surface area (Å²) < 4.78 is 8.79. The Labute approximate surface area is 510 Å². The molecule has 0 radical (unpaired) electrons. The molecule has 7 aromatic carbocycles. The minimum Gasteiger partial charge on any atom is -0.304 e. The van der Waals surface area contributed by atoms with Gasteiger partial charge in [-0.25, -0.2) is 0 Å². The number of fused-ring (bicyclic) bond motifs is 9. The lowest BCUT2D eigenvalue weighted by molar-refractivity contribution is 0.557. The van der Waals surface area contributed by atoms with E-state index in [0.29, 0.717) is 16.9 Å². The van der Waals surface area contributed by atoms with Crippen LogP contribution in [0.2, 0.25) is 0 Å². The van der Waals surface area contributed by atoms with Crippen molar-refractivity contribution in [3.05, 3.63) is 244 Å². The lowest BCUT2D eigenvalue weighted by atomic mass is 9.86. The first-order chi connectivity index (χ1) is 40.0. The average molecular weight is 1290 g/mol. The van der Waals surface area contributed by atoms with E-state index in [2.05, 4.69) is 271 Å². The van der Waals surface area contributed by atoms with E-state index in [0.717, 1.165) is 130 Å². The second-order valence-electron chi connectivity index (χ2n) is 24.8. The Balaban J connectivity index is 1.03. The third kappa shape index (κ3) is 9.34. The zero-order valence-corrected chi connectivity index (χ0v) is 52.6. The highest BCUT2D eigenvalue weighted by Crippen LogP contribution is 2.48. The van der Waals surface area contributed by atoms with Crippen molar-refractivity contribution in [2.45, 2.75) is 78.6 Å². The molecule has 0 amide bonds. The fourth-order valence-electron chi connectivity index (χ4n) is 12.2. The van der Waals surface area contributed by atoms with Gasteiger partial charge in [0.05, 0.1) is 0 Å². The summed E-state index contributed by atoms with van der Waals surface area (Å²) in [4.78, 5) is 53.3. The van der Waals surface area contributed by atoms with Gasteiger partial charge in [-0.15, -0.1) is 0 Å². The van der Waals surface area contributed by atoms with Crippen LogP contribution in [0.15, 0.2) is 210 Å². The molecule has 13 aromatic rings. The number of hydrogen-bond donors (Lipinski definition) is 0. The SMILES string of the molecule is CC(C)(C)c1cc(=O)nc2c3ccc(-c4ccccc4-c4cc(-c5ccccc5-c5ccc6c(ccn7c(C(C)(C)C)cc(=O)nc67)c5Br)cc(-c5ccccc5-c5ccc6c(ccn7c(C(C)(C)C)cc(=O)nc67)c5Br)c4)c(Br)c3ccn12. The zero-order valence-electron chi connectivity index (χ0n) is 47.9. The highest BCUT2D eigenvalue weighted by Gasteiger charge is 2.26. The van der Waals surface area contributed by atoms with E-state index in [1.807, 2.05) is 31.8 Å². The normalized spacial score (nSPS) is 12.4. The van der Waals surface area contributed by atoms with Crippen molar-refractivity contribution in [3.8, 4) is 66.8 Å². The molecule has 84 heavy (non-hydrogen) atoms. The van der Waals surface area contributed by atoms with Gasteiger partial charge in [0.25, 0.3) is 16.7 Å². The summed E-state index contributed by atoms with van der Waals surface area (Å²) in [7, 11) is 0. The van der Waals surface area contributed by atoms with Gasteiger partial charge in [0, 0.05) is 116 Å². The van der Waals surface area contributed by atoms with E-state index in [9.17, 15) is 14.4 Å². The molecule has 13 rings (SSSR count). The van der Waals surface area contributed by atoms with Crippen LogP contribution in [0.1, 0.15) is 79.4 Å². The standard InChI is InChI=1S/C72H57Br3N6O3/c1-70(2,3)58-37-61(82)76-67-55-25-22-49(64(73)52(55)28-31-79(58)67)46-19-13-10-16-43(46)40-34-41(44-17-11-14-20-47(44)50-23-26-56-53(65(50)74)29-32-80-59(71(4,5)6)38-62(83)77-68(56)80)36-42(35-40)45-18-12-15-21-48(45)51-24-27-57-54(66(51)75)30-33-81-60(72(7,8)9)39-63(84)78-69(57)81/h10-39H,1-9H3. The molecule has 0 aliphatic heterocycles. The van der Waals surface area contributed by atoms with Crippen molar-refractivity contribution >= 4 is 97.0 Å². The van der Waals surface area contributed by atoms with Crippen LogP contribution in [0.25, 0.3) is 116 Å². The van der Waals surface area contributed by atoms with Crippen LogP contribution in [0, 0.1) is 0 Å². The van der Waals surface area contributed by atoms with Crippen molar-refractivity contribution < 1.29 is 0 Å². The Morgan fingerprint density at radius 3 is 0.798 bits per heavy atom. The van der Waals surface area contributed by atoms with Gasteiger partial charge in [0.15, 0.2) is 0 Å². The largest absolute Gasteiger partial charge is 0.304 e. The summed E-state index contributed by atoms with van der Waals surface area (Å²) in [5.74, 6) is 0. The quantitative estimate of drug-likeness (QED) is 0.154. The van der Waals surface area contributed by atoms with Gasteiger partial charge in [-0.3, -0.25) is 14.4 Å². The molecule has 0 atom stereocenters. The van der Waals surface area contributed by atoms with Gasteiger partial charge in [0.1, 0.15) is 16.9 Å². The molecule has 0 saturated carbocycles. The van der Waals surface area contributed by atoms with Crippen LogP contribution in [0.5, 0.6) is 0 Å². The van der Waals surface area contributed by atoms with Crippen molar-refractivity contribution in [1.29, 1.82) is 0 Å². The lowest BCUT2D eigenvalue weighted by Crippen LogP contribution is -2.22. The maximum absolute atomic E-state index is 13.2. The molecule has 0 bridgehead atoms. The van der Waals surface area contributed by atoms with Crippen LogP contribution in [-0.4, -0.2) is 28.2 Å². The fraction of sp³-hybridized carbons (Fsp3) is 0.167. The number of hydrogen-bond acceptors (Lipinski definition) is 6. The summed E-state index contributed by atoms with van der Waals surface area (Å²) in [6, 6.07) is 56.3. The molecule has 6 aromatic heterocycles. The van der Waals surface area contributed by atoms with Crippen molar-refractivity contribution in [3.63, 3.8) is 0 Å². The first-order valence-electron chi connectivity index (χ1n) is 27.9. The average Bonchev–Trinajstić information content (AvgIpc) is 1.35. The summed E-state index contributed by atoms with van der Waals surface area (Å²) in [6.45, 7) is 19.0. The van der Waals surface area contributed by atoms with E-state index in [-0.39, 0.29) is 32.9 Å². The molecule has 414 valence electrons. The van der Waals surface area contributed by atoms with Crippen molar-refractivity contribution in [2.24, 2.45) is 0 Å². The van der Waals surface area contributed by atoms with Gasteiger partial charge in [-0.2, -0.15) is 15.0 Å². The van der Waals surface area contributed by atoms with Crippen LogP contribution in [0.4, 0.5) is 0 Å². The first-order valence-corrected chi connectivity index (χ1v) is 30.3. The number of nitrogens with zero attached hydrogens (tertiary/aromatic N) is 6. The Morgan fingerprint density at radius 2 is 0.548 bits per heavy atom. The Morgan fingerprint density at radius 1 is 0.298 bits per heavy atom. The topological polar surface area (TPSA) is 103 Å². The number of pyridine rings is 3. The van der Waals surface area contributed by atoms with Crippen molar-refractivity contribution in [2.75, 3.05) is 0 Å². The second kappa shape index (κ2) is 20.3. The van der Waals surface area contributed by atoms with E-state index in [1.165, 1.54) is 0 Å². The molecule has 0 aliphatic rings. The Kier molecular flexibility index (Phi) is 13.3. The fourth-order valence-corrected chi connectivity index (χ4v) is 14.2. The monoisotopic (exact) mass is 1290 g/mol. The lowest BCUT2D eigenvalue weighted by Gasteiger charge is -2.22. The summed E-state index contributed by atoms with van der Waals surface area (Å²) in [5, 5.41) is 5.42. The maximum Gasteiger partial charge on any atom is 0.273 e. The van der Waals surface area contributed by atoms with Crippen LogP contribution in [-0.2, 0) is 16.2 Å². The predicted octanol–water partition coefficient (Wildman–Crippen LogP) is 18.4. The summed E-state index contributed by atoms with van der Waals surface area (Å²) in [6.07, 6.45) is 6.05. The number of halogens is 3. The molecule has 0 aliphatic carbocycles. The van der Waals surface area contributed by atoms with Crippen LogP contribution in [0.3, 0.4) is 0 Å². The number of aromatic nitrogens is 6. The molecule has 0 N–H and O–H groups in total. The zero-order chi connectivity index (χ0) is 58.9. The molecule has 9 nitrogen and oxygen atoms in total. The van der Waals surface area contributed by atoms with E-state index < -0.39 is 0 Å². The van der Waals surface area contributed by atoms with Gasteiger partial charge in [-0.1, -0.05) is 153 Å². The van der Waals surface area contributed by atoms with Gasteiger partial charge in [-0.05, 0) is 169 Å².